The van der Waals surface area contributed by atoms with Crippen molar-refractivity contribution < 1.29 is 14.3 Å². The van der Waals surface area contributed by atoms with E-state index >= 15 is 0 Å². The highest BCUT2D eigenvalue weighted by Crippen LogP contribution is 2.18. The van der Waals surface area contributed by atoms with Gasteiger partial charge in [0.15, 0.2) is 0 Å². The van der Waals surface area contributed by atoms with Gasteiger partial charge >= 0.3 is 6.03 Å². The number of alkyl halides is 1. The molecule has 1 unspecified atom stereocenters. The van der Waals surface area contributed by atoms with Crippen LogP contribution in [0.1, 0.15) is 6.92 Å². The Morgan fingerprint density at radius 2 is 1.86 bits per heavy atom. The Hall–Kier alpha value is -1.79. The molecule has 3 amide bonds. The van der Waals surface area contributed by atoms with Gasteiger partial charge in [-0.1, -0.05) is 0 Å². The predicted octanol–water partition coefficient (Wildman–Crippen LogP) is 1.80. The average Bonchev–Trinajstić information content (AvgIpc) is 2.48. The first-order valence-electron chi connectivity index (χ1n) is 6.75. The van der Waals surface area contributed by atoms with Crippen molar-refractivity contribution in [1.29, 1.82) is 0 Å². The van der Waals surface area contributed by atoms with E-state index in [0.717, 1.165) is 32.0 Å². The lowest BCUT2D eigenvalue weighted by Gasteiger charge is -2.28. The van der Waals surface area contributed by atoms with E-state index in [4.69, 9.17) is 16.3 Å². The normalized spacial score (nSPS) is 16.2. The smallest absolute Gasteiger partial charge is 0.325 e. The van der Waals surface area contributed by atoms with Gasteiger partial charge in [0.2, 0.25) is 5.91 Å². The van der Waals surface area contributed by atoms with Gasteiger partial charge in [-0.3, -0.25) is 10.1 Å². The van der Waals surface area contributed by atoms with Crippen LogP contribution in [-0.4, -0.2) is 43.6 Å². The molecule has 6 nitrogen and oxygen atoms in total. The zero-order valence-electron chi connectivity index (χ0n) is 11.8. The zero-order valence-corrected chi connectivity index (χ0v) is 12.5. The number of morpholine rings is 1. The number of anilines is 2. The largest absolute Gasteiger partial charge is 0.378 e. The van der Waals surface area contributed by atoms with Crippen molar-refractivity contribution >= 4 is 34.9 Å². The Balaban J connectivity index is 1.90. The van der Waals surface area contributed by atoms with Gasteiger partial charge in [0.05, 0.1) is 13.2 Å². The summed E-state index contributed by atoms with van der Waals surface area (Å²) in [6.45, 7) is 4.66. The lowest BCUT2D eigenvalue weighted by atomic mass is 10.2. The maximum atomic E-state index is 11.6. The van der Waals surface area contributed by atoms with E-state index in [9.17, 15) is 9.59 Å². The Labute approximate surface area is 128 Å². The van der Waals surface area contributed by atoms with Crippen LogP contribution in [-0.2, 0) is 9.53 Å². The Kier molecular flexibility index (Phi) is 5.41. The first kappa shape index (κ1) is 15.6. The number of nitrogens with one attached hydrogen (secondary N) is 2. The number of hydrogen-bond donors (Lipinski definition) is 2. The SMILES string of the molecule is CC(Cl)C(=O)NC(=O)Nc1ccc(N2CCOCC2)cc1. The number of ether oxygens (including phenoxy) is 1. The number of carbonyl (C=O) groups excluding carboxylic acids is 2. The van der Waals surface area contributed by atoms with Gasteiger partial charge in [-0.2, -0.15) is 0 Å². The molecule has 1 aliphatic heterocycles. The minimum atomic E-state index is -0.751. The van der Waals surface area contributed by atoms with E-state index in [1.54, 1.807) is 12.1 Å². The van der Waals surface area contributed by atoms with Gasteiger partial charge in [0, 0.05) is 24.5 Å². The molecule has 0 bridgehead atoms. The minimum Gasteiger partial charge on any atom is -0.378 e. The summed E-state index contributed by atoms with van der Waals surface area (Å²) in [5.41, 5.74) is 1.69. The maximum absolute atomic E-state index is 11.6. The topological polar surface area (TPSA) is 70.7 Å². The van der Waals surface area contributed by atoms with Crippen molar-refractivity contribution in [3.05, 3.63) is 24.3 Å². The summed E-state index contributed by atoms with van der Waals surface area (Å²) in [7, 11) is 0. The van der Waals surface area contributed by atoms with Gasteiger partial charge in [0.25, 0.3) is 0 Å². The highest BCUT2D eigenvalue weighted by molar-refractivity contribution is 6.31. The van der Waals surface area contributed by atoms with Crippen LogP contribution < -0.4 is 15.5 Å². The number of urea groups is 1. The van der Waals surface area contributed by atoms with Gasteiger partial charge in [-0.15, -0.1) is 11.6 Å². The van der Waals surface area contributed by atoms with Crippen LogP contribution >= 0.6 is 11.6 Å². The van der Waals surface area contributed by atoms with Crippen molar-refractivity contribution in [2.45, 2.75) is 12.3 Å². The maximum Gasteiger partial charge on any atom is 0.325 e. The third kappa shape index (κ3) is 4.61. The van der Waals surface area contributed by atoms with Gasteiger partial charge in [-0.25, -0.2) is 4.79 Å². The van der Waals surface area contributed by atoms with Crippen LogP contribution in [0, 0.1) is 0 Å². The standard InChI is InChI=1S/C14H18ClN3O3/c1-10(15)13(19)17-14(20)16-11-2-4-12(5-3-11)18-6-8-21-9-7-18/h2-5,10H,6-9H2,1H3,(H2,16,17,19,20). The van der Waals surface area contributed by atoms with E-state index in [2.05, 4.69) is 15.5 Å². The highest BCUT2D eigenvalue weighted by atomic mass is 35.5. The van der Waals surface area contributed by atoms with Crippen LogP contribution in [0.5, 0.6) is 0 Å². The van der Waals surface area contributed by atoms with Crippen LogP contribution in [0.15, 0.2) is 24.3 Å². The first-order chi connectivity index (χ1) is 10.1. The molecular weight excluding hydrogens is 294 g/mol. The summed E-state index contributed by atoms with van der Waals surface area (Å²) >= 11 is 5.57. The fraction of sp³-hybridized carbons (Fsp3) is 0.429. The molecular formula is C14H18ClN3O3. The number of rotatable bonds is 3. The number of nitrogens with zero attached hydrogens (tertiary/aromatic N) is 1. The Morgan fingerprint density at radius 3 is 2.43 bits per heavy atom. The molecule has 1 saturated heterocycles. The molecule has 0 spiro atoms. The van der Waals surface area contributed by atoms with Crippen molar-refractivity contribution in [2.24, 2.45) is 0 Å². The first-order valence-corrected chi connectivity index (χ1v) is 7.18. The molecule has 1 heterocycles. The molecule has 1 atom stereocenters. The van der Waals surface area contributed by atoms with E-state index in [0.29, 0.717) is 5.69 Å². The van der Waals surface area contributed by atoms with Gasteiger partial charge < -0.3 is 15.0 Å². The van der Waals surface area contributed by atoms with E-state index in [1.165, 1.54) is 6.92 Å². The second-order valence-corrected chi connectivity index (χ2v) is 5.36. The molecule has 7 heteroatoms. The van der Waals surface area contributed by atoms with Crippen molar-refractivity contribution in [2.75, 3.05) is 36.5 Å². The third-order valence-corrected chi connectivity index (χ3v) is 3.30. The van der Waals surface area contributed by atoms with Gasteiger partial charge in [0.1, 0.15) is 5.38 Å². The lowest BCUT2D eigenvalue weighted by Crippen LogP contribution is -2.38. The number of halogens is 1. The second-order valence-electron chi connectivity index (χ2n) is 4.71. The molecule has 0 saturated carbocycles. The molecule has 2 rings (SSSR count). The fourth-order valence-corrected chi connectivity index (χ4v) is 2.01. The van der Waals surface area contributed by atoms with Crippen LogP contribution in [0.25, 0.3) is 0 Å². The number of carbonyl (C=O) groups is 2. The zero-order chi connectivity index (χ0) is 15.2. The number of imide groups is 1. The quantitative estimate of drug-likeness (QED) is 0.835. The molecule has 21 heavy (non-hydrogen) atoms. The summed E-state index contributed by atoms with van der Waals surface area (Å²) in [6, 6.07) is 6.84. The molecule has 1 aliphatic rings. The van der Waals surface area contributed by atoms with E-state index < -0.39 is 17.3 Å². The summed E-state index contributed by atoms with van der Waals surface area (Å²) < 4.78 is 5.30. The third-order valence-electron chi connectivity index (χ3n) is 3.10. The van der Waals surface area contributed by atoms with E-state index in [1.807, 2.05) is 12.1 Å². The number of amides is 3. The number of hydrogen-bond acceptors (Lipinski definition) is 4. The fourth-order valence-electron chi connectivity index (χ4n) is 1.95. The van der Waals surface area contributed by atoms with Gasteiger partial charge in [-0.05, 0) is 31.2 Å². The van der Waals surface area contributed by atoms with Crippen molar-refractivity contribution in [3.8, 4) is 0 Å². The molecule has 1 fully saturated rings. The lowest BCUT2D eigenvalue weighted by molar-refractivity contribution is -0.119. The van der Waals surface area contributed by atoms with Crippen LogP contribution in [0.4, 0.5) is 16.2 Å². The predicted molar refractivity (Wildman–Crippen MR) is 82.0 cm³/mol. The molecule has 1 aromatic carbocycles. The molecule has 0 radical (unpaired) electrons. The minimum absolute atomic E-state index is 0.529. The molecule has 0 aliphatic carbocycles. The van der Waals surface area contributed by atoms with E-state index in [-0.39, 0.29) is 0 Å². The van der Waals surface area contributed by atoms with Crippen LogP contribution in [0.2, 0.25) is 0 Å². The summed E-state index contributed by atoms with van der Waals surface area (Å²) in [5, 5.41) is 3.99. The second kappa shape index (κ2) is 7.28. The molecule has 0 aromatic heterocycles. The Bertz CT molecular complexity index is 499. The average molecular weight is 312 g/mol. The summed E-state index contributed by atoms with van der Waals surface area (Å²) in [5.74, 6) is -0.529. The van der Waals surface area contributed by atoms with Crippen molar-refractivity contribution in [3.63, 3.8) is 0 Å². The molecule has 2 N–H and O–H groups in total. The summed E-state index contributed by atoms with van der Waals surface area (Å²) in [6.07, 6.45) is 0. The molecule has 114 valence electrons. The molecule has 1 aromatic rings. The number of benzene rings is 1. The monoisotopic (exact) mass is 311 g/mol. The highest BCUT2D eigenvalue weighted by Gasteiger charge is 2.14. The van der Waals surface area contributed by atoms with Crippen molar-refractivity contribution in [1.82, 2.24) is 5.32 Å². The summed E-state index contributed by atoms with van der Waals surface area (Å²) in [4.78, 5) is 25.1. The van der Waals surface area contributed by atoms with Crippen LogP contribution in [0.3, 0.4) is 0 Å². The Morgan fingerprint density at radius 1 is 1.24 bits per heavy atom.